The summed E-state index contributed by atoms with van der Waals surface area (Å²) in [6.45, 7) is 4.85. The molecular formula is C15H20O4. The summed E-state index contributed by atoms with van der Waals surface area (Å²) >= 11 is 0. The summed E-state index contributed by atoms with van der Waals surface area (Å²) in [4.78, 5) is 10.6. The van der Waals surface area contributed by atoms with E-state index in [1.54, 1.807) is 25.3 Å². The standard InChI is InChI=1S/C15H20O4/c1-11(2)8-9-19-14-10-13(18-3)6-4-12(14)5-7-15(16)17/h4-7,10-11H,8-9H2,1-3H3,(H,16,17). The first-order valence-corrected chi connectivity index (χ1v) is 6.24. The van der Waals surface area contributed by atoms with Gasteiger partial charge in [0.25, 0.3) is 0 Å². The van der Waals surface area contributed by atoms with Crippen LogP contribution in [0.15, 0.2) is 24.3 Å². The van der Waals surface area contributed by atoms with Gasteiger partial charge in [-0.25, -0.2) is 4.79 Å². The highest BCUT2D eigenvalue weighted by atomic mass is 16.5. The van der Waals surface area contributed by atoms with Crippen LogP contribution in [0.2, 0.25) is 0 Å². The van der Waals surface area contributed by atoms with E-state index in [0.29, 0.717) is 24.0 Å². The van der Waals surface area contributed by atoms with Crippen LogP contribution in [0.1, 0.15) is 25.8 Å². The number of carboxylic acids is 1. The van der Waals surface area contributed by atoms with Crippen LogP contribution in [0.4, 0.5) is 0 Å². The van der Waals surface area contributed by atoms with Crippen LogP contribution in [-0.2, 0) is 4.79 Å². The molecule has 0 spiro atoms. The van der Waals surface area contributed by atoms with Crippen molar-refractivity contribution in [1.82, 2.24) is 0 Å². The van der Waals surface area contributed by atoms with Crippen LogP contribution in [0.5, 0.6) is 11.5 Å². The molecule has 0 aliphatic carbocycles. The fourth-order valence-electron chi connectivity index (χ4n) is 1.47. The number of ether oxygens (including phenoxy) is 2. The van der Waals surface area contributed by atoms with Crippen molar-refractivity contribution in [2.24, 2.45) is 5.92 Å². The van der Waals surface area contributed by atoms with Gasteiger partial charge in [0.15, 0.2) is 0 Å². The Hall–Kier alpha value is -1.97. The number of hydrogen-bond acceptors (Lipinski definition) is 3. The third-order valence-corrected chi connectivity index (χ3v) is 2.58. The van der Waals surface area contributed by atoms with Gasteiger partial charge in [0, 0.05) is 17.7 Å². The minimum absolute atomic E-state index is 0.559. The van der Waals surface area contributed by atoms with Gasteiger partial charge in [0.1, 0.15) is 11.5 Å². The Kier molecular flexibility index (Phi) is 5.93. The normalized spacial score (nSPS) is 10.9. The van der Waals surface area contributed by atoms with Gasteiger partial charge in [0.2, 0.25) is 0 Å². The first-order valence-electron chi connectivity index (χ1n) is 6.24. The lowest BCUT2D eigenvalue weighted by Crippen LogP contribution is -2.02. The lowest BCUT2D eigenvalue weighted by molar-refractivity contribution is -0.131. The number of carbonyl (C=O) groups is 1. The smallest absolute Gasteiger partial charge is 0.328 e. The van der Waals surface area contributed by atoms with Gasteiger partial charge in [-0.1, -0.05) is 13.8 Å². The van der Waals surface area contributed by atoms with E-state index in [0.717, 1.165) is 18.1 Å². The van der Waals surface area contributed by atoms with Crippen molar-refractivity contribution in [1.29, 1.82) is 0 Å². The monoisotopic (exact) mass is 264 g/mol. The maximum Gasteiger partial charge on any atom is 0.328 e. The molecule has 1 aromatic rings. The van der Waals surface area contributed by atoms with Crippen LogP contribution in [0, 0.1) is 5.92 Å². The average molecular weight is 264 g/mol. The summed E-state index contributed by atoms with van der Waals surface area (Å²) in [5.41, 5.74) is 0.729. The molecule has 0 bridgehead atoms. The first-order chi connectivity index (χ1) is 9.02. The van der Waals surface area contributed by atoms with Gasteiger partial charge < -0.3 is 14.6 Å². The molecule has 1 N–H and O–H groups in total. The van der Waals surface area contributed by atoms with E-state index in [4.69, 9.17) is 14.6 Å². The largest absolute Gasteiger partial charge is 0.497 e. The van der Waals surface area contributed by atoms with E-state index in [-0.39, 0.29) is 0 Å². The molecule has 0 aliphatic heterocycles. The summed E-state index contributed by atoms with van der Waals surface area (Å²) in [5, 5.41) is 8.66. The zero-order valence-electron chi connectivity index (χ0n) is 11.6. The number of aliphatic carboxylic acids is 1. The van der Waals surface area contributed by atoms with Crippen molar-refractivity contribution in [3.63, 3.8) is 0 Å². The van der Waals surface area contributed by atoms with Crippen LogP contribution < -0.4 is 9.47 Å². The summed E-state index contributed by atoms with van der Waals surface area (Å²) < 4.78 is 10.8. The van der Waals surface area contributed by atoms with Crippen molar-refractivity contribution < 1.29 is 19.4 Å². The molecule has 1 aromatic carbocycles. The van der Waals surface area contributed by atoms with Gasteiger partial charge in [-0.05, 0) is 30.5 Å². The molecule has 104 valence electrons. The molecule has 0 heterocycles. The van der Waals surface area contributed by atoms with Crippen molar-refractivity contribution in [3.8, 4) is 11.5 Å². The highest BCUT2D eigenvalue weighted by Crippen LogP contribution is 2.26. The summed E-state index contributed by atoms with van der Waals surface area (Å²) in [6, 6.07) is 5.32. The van der Waals surface area contributed by atoms with Crippen molar-refractivity contribution in [2.45, 2.75) is 20.3 Å². The van der Waals surface area contributed by atoms with E-state index in [1.165, 1.54) is 6.08 Å². The maximum atomic E-state index is 10.6. The zero-order valence-corrected chi connectivity index (χ0v) is 11.6. The second-order valence-electron chi connectivity index (χ2n) is 4.61. The van der Waals surface area contributed by atoms with Crippen LogP contribution in [-0.4, -0.2) is 24.8 Å². The molecule has 0 aliphatic rings. The molecule has 0 unspecified atom stereocenters. The lowest BCUT2D eigenvalue weighted by atomic mass is 10.1. The Balaban J connectivity index is 2.86. The Morgan fingerprint density at radius 1 is 1.42 bits per heavy atom. The Morgan fingerprint density at radius 2 is 2.16 bits per heavy atom. The predicted octanol–water partition coefficient (Wildman–Crippen LogP) is 3.22. The molecule has 0 saturated carbocycles. The molecule has 0 atom stereocenters. The van der Waals surface area contributed by atoms with E-state index in [2.05, 4.69) is 13.8 Å². The second-order valence-corrected chi connectivity index (χ2v) is 4.61. The molecule has 0 aromatic heterocycles. The summed E-state index contributed by atoms with van der Waals surface area (Å²) in [5.74, 6) is 0.900. The van der Waals surface area contributed by atoms with E-state index in [1.807, 2.05) is 0 Å². The quantitative estimate of drug-likeness (QED) is 0.768. The highest BCUT2D eigenvalue weighted by molar-refractivity contribution is 5.86. The van der Waals surface area contributed by atoms with E-state index < -0.39 is 5.97 Å². The third kappa shape index (κ3) is 5.46. The second kappa shape index (κ2) is 7.46. The average Bonchev–Trinajstić information content (AvgIpc) is 2.36. The van der Waals surface area contributed by atoms with E-state index in [9.17, 15) is 4.79 Å². The summed E-state index contributed by atoms with van der Waals surface area (Å²) in [6.07, 6.45) is 3.56. The summed E-state index contributed by atoms with van der Waals surface area (Å²) in [7, 11) is 1.58. The maximum absolute atomic E-state index is 10.6. The topological polar surface area (TPSA) is 55.8 Å². The number of rotatable bonds is 7. The molecule has 4 heteroatoms. The van der Waals surface area contributed by atoms with Crippen LogP contribution in [0.3, 0.4) is 0 Å². The highest BCUT2D eigenvalue weighted by Gasteiger charge is 2.05. The molecule has 0 fully saturated rings. The van der Waals surface area contributed by atoms with Gasteiger partial charge in [-0.2, -0.15) is 0 Å². The van der Waals surface area contributed by atoms with Crippen molar-refractivity contribution in [3.05, 3.63) is 29.8 Å². The van der Waals surface area contributed by atoms with Crippen molar-refractivity contribution in [2.75, 3.05) is 13.7 Å². The number of carboxylic acid groups (broad SMARTS) is 1. The SMILES string of the molecule is COc1ccc(C=CC(=O)O)c(OCCC(C)C)c1. The number of methoxy groups -OCH3 is 1. The first kappa shape index (κ1) is 15.1. The molecule has 19 heavy (non-hydrogen) atoms. The minimum atomic E-state index is -0.982. The van der Waals surface area contributed by atoms with Gasteiger partial charge >= 0.3 is 5.97 Å². The molecule has 4 nitrogen and oxygen atoms in total. The van der Waals surface area contributed by atoms with Gasteiger partial charge in [-0.3, -0.25) is 0 Å². The number of hydrogen-bond donors (Lipinski definition) is 1. The predicted molar refractivity (Wildman–Crippen MR) is 74.6 cm³/mol. The molecule has 0 amide bonds. The van der Waals surface area contributed by atoms with E-state index >= 15 is 0 Å². The molecule has 0 radical (unpaired) electrons. The Morgan fingerprint density at radius 3 is 2.74 bits per heavy atom. The zero-order chi connectivity index (χ0) is 14.3. The molecule has 1 rings (SSSR count). The van der Waals surface area contributed by atoms with Gasteiger partial charge in [0.05, 0.1) is 13.7 Å². The molecule has 0 saturated heterocycles. The molecular weight excluding hydrogens is 244 g/mol. The lowest BCUT2D eigenvalue weighted by Gasteiger charge is -2.12. The van der Waals surface area contributed by atoms with Crippen LogP contribution >= 0.6 is 0 Å². The third-order valence-electron chi connectivity index (χ3n) is 2.58. The fraction of sp³-hybridized carbons (Fsp3) is 0.400. The Labute approximate surface area is 113 Å². The van der Waals surface area contributed by atoms with Crippen molar-refractivity contribution >= 4 is 12.0 Å². The Bertz CT molecular complexity index is 449. The van der Waals surface area contributed by atoms with Crippen LogP contribution in [0.25, 0.3) is 6.08 Å². The minimum Gasteiger partial charge on any atom is -0.497 e. The number of benzene rings is 1. The van der Waals surface area contributed by atoms with Gasteiger partial charge in [-0.15, -0.1) is 0 Å². The fourth-order valence-corrected chi connectivity index (χ4v) is 1.47.